The van der Waals surface area contributed by atoms with E-state index in [0.29, 0.717) is 25.8 Å². The molecule has 0 radical (unpaired) electrons. The van der Waals surface area contributed by atoms with E-state index in [0.717, 1.165) is 85.0 Å². The number of hydrogen-bond donors (Lipinski definition) is 0. The van der Waals surface area contributed by atoms with Gasteiger partial charge in [-0.3, -0.25) is 0 Å². The van der Waals surface area contributed by atoms with Gasteiger partial charge in [0.15, 0.2) is 5.69 Å². The third-order valence-electron chi connectivity index (χ3n) is 9.67. The van der Waals surface area contributed by atoms with Crippen molar-refractivity contribution in [3.8, 4) is 5.75 Å². The summed E-state index contributed by atoms with van der Waals surface area (Å²) in [6.07, 6.45) is 4.80. The molecule has 1 aromatic heterocycles. The lowest BCUT2D eigenvalue weighted by Crippen LogP contribution is -2.46. The molecular formula is C36H46FN8O2+. The van der Waals surface area contributed by atoms with Crippen molar-refractivity contribution in [2.24, 2.45) is 15.5 Å². The lowest BCUT2D eigenvalue weighted by molar-refractivity contribution is 0.140. The van der Waals surface area contributed by atoms with Gasteiger partial charge in [-0.1, -0.05) is 29.4 Å². The first kappa shape index (κ1) is 32.7. The van der Waals surface area contributed by atoms with Crippen molar-refractivity contribution in [2.75, 3.05) is 58.5 Å². The van der Waals surface area contributed by atoms with Crippen LogP contribution >= 0.6 is 0 Å². The van der Waals surface area contributed by atoms with Crippen LogP contribution < -0.4 is 14.2 Å². The number of aryl methyl sites for hydroxylation is 1. The molecule has 0 saturated carbocycles. The molecule has 10 nitrogen and oxygen atoms in total. The summed E-state index contributed by atoms with van der Waals surface area (Å²) >= 11 is 0. The summed E-state index contributed by atoms with van der Waals surface area (Å²) in [5.41, 5.74) is 5.24. The number of piperidine rings is 1. The predicted octanol–water partition coefficient (Wildman–Crippen LogP) is 6.94. The normalized spacial score (nSPS) is 19.1. The number of rotatable bonds is 14. The third kappa shape index (κ3) is 7.22. The lowest BCUT2D eigenvalue weighted by Gasteiger charge is -2.38. The Morgan fingerprint density at radius 2 is 1.83 bits per heavy atom. The van der Waals surface area contributed by atoms with Crippen LogP contribution in [0.5, 0.6) is 5.75 Å². The number of nitrogens with zero attached hydrogens (tertiary/aromatic N) is 8. The smallest absolute Gasteiger partial charge is 0.245 e. The summed E-state index contributed by atoms with van der Waals surface area (Å²) in [6, 6.07) is 21.7. The van der Waals surface area contributed by atoms with E-state index in [1.165, 1.54) is 0 Å². The Balaban J connectivity index is 1.14. The first-order valence-electron chi connectivity index (χ1n) is 16.6. The van der Waals surface area contributed by atoms with Gasteiger partial charge in [0.1, 0.15) is 18.1 Å². The van der Waals surface area contributed by atoms with Gasteiger partial charge in [0.2, 0.25) is 12.3 Å². The van der Waals surface area contributed by atoms with Crippen LogP contribution in [0.25, 0.3) is 11.0 Å². The average molecular weight is 642 g/mol. The van der Waals surface area contributed by atoms with Crippen molar-refractivity contribution >= 4 is 29.0 Å². The van der Waals surface area contributed by atoms with Crippen LogP contribution in [0.3, 0.4) is 0 Å². The number of quaternary nitrogens is 1. The van der Waals surface area contributed by atoms with E-state index in [-0.39, 0.29) is 16.3 Å². The van der Waals surface area contributed by atoms with Crippen molar-refractivity contribution in [1.29, 1.82) is 0 Å². The highest BCUT2D eigenvalue weighted by molar-refractivity contribution is 5.79. The van der Waals surface area contributed by atoms with Crippen molar-refractivity contribution in [2.45, 2.75) is 51.6 Å². The standard InChI is InChI=1S/C36H46FN8O2/c1-5-47-23-22-44-34-9-7-6-8-33(34)39-36(44)42(3)31-17-20-43(21-18-31)19-16-29(28-10-12-30(37)13-11-28)25-45(26-38-40-41-45)32-14-15-35(46-4)27(2)24-32/h6-15,24,26,29,31H,5,16-23,25H2,1-4H3/q+1. The molecule has 0 N–H and O–H groups in total. The van der Waals surface area contributed by atoms with Gasteiger partial charge in [-0.25, -0.2) is 9.37 Å². The van der Waals surface area contributed by atoms with Crippen LogP contribution in [0.2, 0.25) is 0 Å². The highest BCUT2D eigenvalue weighted by atomic mass is 19.1. The molecule has 2 aliphatic heterocycles. The zero-order valence-corrected chi connectivity index (χ0v) is 27.9. The van der Waals surface area contributed by atoms with Crippen LogP contribution in [0, 0.1) is 12.7 Å². The predicted molar refractivity (Wildman–Crippen MR) is 186 cm³/mol. The first-order chi connectivity index (χ1) is 22.9. The quantitative estimate of drug-likeness (QED) is 0.110. The van der Waals surface area contributed by atoms with Gasteiger partial charge in [-0.15, -0.1) is 4.59 Å². The highest BCUT2D eigenvalue weighted by Crippen LogP contribution is 2.35. The molecule has 0 bridgehead atoms. The molecule has 4 aromatic rings. The summed E-state index contributed by atoms with van der Waals surface area (Å²) < 4.78 is 27.6. The van der Waals surface area contributed by atoms with Crippen molar-refractivity contribution in [1.82, 2.24) is 19.0 Å². The van der Waals surface area contributed by atoms with E-state index in [9.17, 15) is 4.39 Å². The molecule has 6 rings (SSSR count). The fourth-order valence-electron chi connectivity index (χ4n) is 6.96. The Hall–Kier alpha value is -4.19. The number of hydrogen-bond acceptors (Lipinski definition) is 8. The lowest BCUT2D eigenvalue weighted by atomic mass is 9.93. The van der Waals surface area contributed by atoms with E-state index in [2.05, 4.69) is 61.2 Å². The molecule has 47 heavy (non-hydrogen) atoms. The van der Waals surface area contributed by atoms with Crippen LogP contribution in [0.15, 0.2) is 82.3 Å². The maximum atomic E-state index is 14.0. The van der Waals surface area contributed by atoms with Crippen LogP contribution in [-0.2, 0) is 11.3 Å². The zero-order chi connectivity index (χ0) is 32.8. The number of halogens is 1. The van der Waals surface area contributed by atoms with Gasteiger partial charge < -0.3 is 23.8 Å². The molecule has 1 fully saturated rings. The molecule has 1 saturated heterocycles. The number of ether oxygens (including phenoxy) is 2. The molecule has 11 heteroatoms. The molecule has 248 valence electrons. The highest BCUT2D eigenvalue weighted by Gasteiger charge is 2.38. The van der Waals surface area contributed by atoms with Crippen LogP contribution in [0.1, 0.15) is 43.2 Å². The summed E-state index contributed by atoms with van der Waals surface area (Å²) in [7, 11) is 3.86. The fraction of sp³-hybridized carbons (Fsp3) is 0.444. The summed E-state index contributed by atoms with van der Waals surface area (Å²) in [6.45, 7) is 9.76. The van der Waals surface area contributed by atoms with Crippen molar-refractivity contribution < 1.29 is 13.9 Å². The molecule has 0 spiro atoms. The third-order valence-corrected chi connectivity index (χ3v) is 9.67. The zero-order valence-electron chi connectivity index (χ0n) is 27.9. The minimum absolute atomic E-state index is 0.104. The van der Waals surface area contributed by atoms with Crippen LogP contribution in [0.4, 0.5) is 16.0 Å². The monoisotopic (exact) mass is 641 g/mol. The van der Waals surface area contributed by atoms with Gasteiger partial charge in [0, 0.05) is 62.6 Å². The van der Waals surface area contributed by atoms with E-state index < -0.39 is 0 Å². The van der Waals surface area contributed by atoms with Gasteiger partial charge in [0.25, 0.3) is 0 Å². The maximum absolute atomic E-state index is 14.0. The number of methoxy groups -OCH3 is 1. The largest absolute Gasteiger partial charge is 0.496 e. The number of para-hydroxylation sites is 2. The molecular weight excluding hydrogens is 595 g/mol. The van der Waals surface area contributed by atoms with Gasteiger partial charge in [-0.2, -0.15) is 0 Å². The first-order valence-corrected chi connectivity index (χ1v) is 16.6. The van der Waals surface area contributed by atoms with E-state index in [1.807, 2.05) is 44.2 Å². The Bertz CT molecular complexity index is 1690. The minimum atomic E-state index is -0.234. The Kier molecular flexibility index (Phi) is 10.2. The maximum Gasteiger partial charge on any atom is 0.245 e. The number of likely N-dealkylation sites (tertiary alicyclic amines) is 1. The van der Waals surface area contributed by atoms with Gasteiger partial charge >= 0.3 is 0 Å². The number of aromatic nitrogens is 2. The SMILES string of the molecule is CCOCCn1c(N(C)C2CCN(CCC(C[N+]3(c4ccc(OC)c(C)c4)C=NN=N3)c3ccc(F)cc3)CC2)nc2ccccc21. The van der Waals surface area contributed by atoms with E-state index in [4.69, 9.17) is 14.5 Å². The molecule has 0 aliphatic carbocycles. The molecule has 0 amide bonds. The van der Waals surface area contributed by atoms with Crippen LogP contribution in [-0.4, -0.2) is 80.4 Å². The topological polar surface area (TPSA) is 79.8 Å². The number of anilines is 1. The summed E-state index contributed by atoms with van der Waals surface area (Å²) in [5.74, 6) is 1.70. The van der Waals surface area contributed by atoms with Crippen molar-refractivity contribution in [3.63, 3.8) is 0 Å². The fourth-order valence-corrected chi connectivity index (χ4v) is 6.96. The van der Waals surface area contributed by atoms with E-state index in [1.54, 1.807) is 25.6 Å². The molecule has 2 unspecified atom stereocenters. The average Bonchev–Trinajstić information content (AvgIpc) is 3.73. The second kappa shape index (κ2) is 14.7. The molecule has 3 aromatic carbocycles. The molecule has 2 aliphatic rings. The molecule has 3 heterocycles. The number of fused-ring (bicyclic) bond motifs is 1. The number of benzene rings is 3. The van der Waals surface area contributed by atoms with Gasteiger partial charge in [-0.05, 0) is 81.1 Å². The minimum Gasteiger partial charge on any atom is -0.496 e. The van der Waals surface area contributed by atoms with Gasteiger partial charge in [0.05, 0.1) is 30.0 Å². The summed E-state index contributed by atoms with van der Waals surface area (Å²) in [4.78, 5) is 9.96. The molecule has 2 atom stereocenters. The number of imidazole rings is 1. The van der Waals surface area contributed by atoms with Crippen molar-refractivity contribution in [3.05, 3.63) is 83.7 Å². The Morgan fingerprint density at radius 1 is 1.04 bits per heavy atom. The second-order valence-electron chi connectivity index (χ2n) is 12.5. The Morgan fingerprint density at radius 3 is 2.53 bits per heavy atom. The summed E-state index contributed by atoms with van der Waals surface area (Å²) in [5, 5.41) is 12.8. The Labute approximate surface area is 276 Å². The second-order valence-corrected chi connectivity index (χ2v) is 12.5. The van der Waals surface area contributed by atoms with E-state index >= 15 is 0 Å².